The molecule has 2 aliphatic rings. The van der Waals surface area contributed by atoms with Gasteiger partial charge in [0.2, 0.25) is 5.91 Å². The lowest BCUT2D eigenvalue weighted by Gasteiger charge is -2.46. The summed E-state index contributed by atoms with van der Waals surface area (Å²) in [6.07, 6.45) is 5.52. The molecule has 0 radical (unpaired) electrons. The molecule has 3 nitrogen and oxygen atoms in total. The summed E-state index contributed by atoms with van der Waals surface area (Å²) in [4.78, 5) is 17.0. The van der Waals surface area contributed by atoms with Crippen LogP contribution in [0.5, 0.6) is 0 Å². The molecule has 0 N–H and O–H groups in total. The molecule has 0 saturated carbocycles. The molecule has 2 atom stereocenters. The van der Waals surface area contributed by atoms with Crippen LogP contribution >= 0.6 is 11.8 Å². The van der Waals surface area contributed by atoms with Crippen molar-refractivity contribution in [1.82, 2.24) is 9.80 Å². The van der Waals surface area contributed by atoms with Gasteiger partial charge in [-0.1, -0.05) is 20.8 Å². The topological polar surface area (TPSA) is 23.6 Å². The van der Waals surface area contributed by atoms with Crippen LogP contribution in [0.15, 0.2) is 0 Å². The molecule has 4 heteroatoms. The van der Waals surface area contributed by atoms with Crippen LogP contribution in [-0.2, 0) is 4.79 Å². The minimum atomic E-state index is 0.314. The van der Waals surface area contributed by atoms with Crippen LogP contribution in [-0.4, -0.2) is 58.9 Å². The zero-order valence-corrected chi connectivity index (χ0v) is 15.0. The molecule has 0 bridgehead atoms. The fraction of sp³-hybridized carbons (Fsp3) is 0.941. The first-order valence-corrected chi connectivity index (χ1v) is 9.47. The SMILES string of the molecule is CN1CCC[C@H]2CN(C(=O)CCCSC(C)(C)C)CC[C@@H]21. The number of hydrogen-bond donors (Lipinski definition) is 0. The van der Waals surface area contributed by atoms with Crippen molar-refractivity contribution < 1.29 is 4.79 Å². The van der Waals surface area contributed by atoms with Gasteiger partial charge in [-0.2, -0.15) is 11.8 Å². The van der Waals surface area contributed by atoms with Gasteiger partial charge < -0.3 is 9.80 Å². The molecule has 1 amide bonds. The lowest BCUT2D eigenvalue weighted by molar-refractivity contribution is -0.134. The zero-order valence-electron chi connectivity index (χ0n) is 14.2. The van der Waals surface area contributed by atoms with Gasteiger partial charge in [0, 0.05) is 30.3 Å². The maximum atomic E-state index is 12.4. The molecule has 0 aromatic rings. The van der Waals surface area contributed by atoms with Gasteiger partial charge >= 0.3 is 0 Å². The van der Waals surface area contributed by atoms with Crippen LogP contribution in [0, 0.1) is 5.92 Å². The van der Waals surface area contributed by atoms with Gasteiger partial charge in [-0.3, -0.25) is 4.79 Å². The average molecular weight is 313 g/mol. The highest BCUT2D eigenvalue weighted by Crippen LogP contribution is 2.30. The Balaban J connectivity index is 1.71. The van der Waals surface area contributed by atoms with E-state index >= 15 is 0 Å². The van der Waals surface area contributed by atoms with Crippen molar-refractivity contribution >= 4 is 17.7 Å². The van der Waals surface area contributed by atoms with Crippen molar-refractivity contribution in [1.29, 1.82) is 0 Å². The fourth-order valence-corrected chi connectivity index (χ4v) is 4.54. The fourth-order valence-electron chi connectivity index (χ4n) is 3.64. The number of carbonyl (C=O) groups is 1. The minimum Gasteiger partial charge on any atom is -0.342 e. The van der Waals surface area contributed by atoms with E-state index in [2.05, 4.69) is 37.6 Å². The number of piperidine rings is 2. The third-order valence-electron chi connectivity index (χ3n) is 4.77. The molecule has 21 heavy (non-hydrogen) atoms. The van der Waals surface area contributed by atoms with Crippen molar-refractivity contribution in [3.8, 4) is 0 Å². The summed E-state index contributed by atoms with van der Waals surface area (Å²) in [6, 6.07) is 0.722. The van der Waals surface area contributed by atoms with Gasteiger partial charge in [0.15, 0.2) is 0 Å². The Labute approximate surface area is 134 Å². The van der Waals surface area contributed by atoms with E-state index < -0.39 is 0 Å². The van der Waals surface area contributed by atoms with Crippen LogP contribution in [0.25, 0.3) is 0 Å². The number of rotatable bonds is 4. The molecule has 0 unspecified atom stereocenters. The summed E-state index contributed by atoms with van der Waals surface area (Å²) in [5, 5.41) is 0. The average Bonchev–Trinajstić information content (AvgIpc) is 2.42. The van der Waals surface area contributed by atoms with Gasteiger partial charge in [-0.15, -0.1) is 0 Å². The van der Waals surface area contributed by atoms with Crippen molar-refractivity contribution in [3.63, 3.8) is 0 Å². The Morgan fingerprint density at radius 1 is 1.24 bits per heavy atom. The van der Waals surface area contributed by atoms with E-state index in [4.69, 9.17) is 0 Å². The Bertz CT molecular complexity index is 353. The van der Waals surface area contributed by atoms with E-state index in [1.54, 1.807) is 0 Å². The third-order valence-corrected chi connectivity index (χ3v) is 6.13. The predicted octanol–water partition coefficient (Wildman–Crippen LogP) is 3.24. The van der Waals surface area contributed by atoms with Crippen molar-refractivity contribution in [2.24, 2.45) is 5.92 Å². The molecule has 2 rings (SSSR count). The number of thioether (sulfide) groups is 1. The quantitative estimate of drug-likeness (QED) is 0.745. The van der Waals surface area contributed by atoms with Gasteiger partial charge in [0.25, 0.3) is 0 Å². The molecule has 2 heterocycles. The molecule has 0 aromatic carbocycles. The largest absolute Gasteiger partial charge is 0.342 e. The van der Waals surface area contributed by atoms with Crippen LogP contribution in [0.2, 0.25) is 0 Å². The number of amides is 1. The van der Waals surface area contributed by atoms with Crippen LogP contribution in [0.1, 0.15) is 52.9 Å². The van der Waals surface area contributed by atoms with E-state index in [-0.39, 0.29) is 0 Å². The highest BCUT2D eigenvalue weighted by atomic mass is 32.2. The van der Waals surface area contributed by atoms with Crippen LogP contribution in [0.4, 0.5) is 0 Å². The molecule has 0 aromatic heterocycles. The first-order chi connectivity index (χ1) is 9.87. The summed E-state index contributed by atoms with van der Waals surface area (Å²) in [7, 11) is 2.25. The van der Waals surface area contributed by atoms with E-state index in [9.17, 15) is 4.79 Å². The standard InChI is InChI=1S/C17H32N2OS/c1-17(2,3)21-12-6-8-16(20)19-11-9-15-14(13-19)7-5-10-18(15)4/h14-15H,5-13H2,1-4H3/t14-,15-/m0/s1. The smallest absolute Gasteiger partial charge is 0.222 e. The first-order valence-electron chi connectivity index (χ1n) is 8.49. The van der Waals surface area contributed by atoms with Gasteiger partial charge in [-0.25, -0.2) is 0 Å². The minimum absolute atomic E-state index is 0.314. The van der Waals surface area contributed by atoms with E-state index in [1.807, 2.05) is 11.8 Å². The second kappa shape index (κ2) is 7.36. The molecule has 122 valence electrons. The van der Waals surface area contributed by atoms with E-state index in [0.29, 0.717) is 16.6 Å². The molecular weight excluding hydrogens is 280 g/mol. The van der Waals surface area contributed by atoms with Crippen LogP contribution in [0.3, 0.4) is 0 Å². The number of fused-ring (bicyclic) bond motifs is 1. The number of hydrogen-bond acceptors (Lipinski definition) is 3. The summed E-state index contributed by atoms with van der Waals surface area (Å²) < 4.78 is 0.314. The highest BCUT2D eigenvalue weighted by Gasteiger charge is 2.35. The monoisotopic (exact) mass is 312 g/mol. The number of nitrogens with zero attached hydrogens (tertiary/aromatic N) is 2. The summed E-state index contributed by atoms with van der Waals surface area (Å²) in [5.74, 6) is 2.19. The maximum Gasteiger partial charge on any atom is 0.222 e. The number of carbonyl (C=O) groups excluding carboxylic acids is 1. The molecular formula is C17H32N2OS. The van der Waals surface area contributed by atoms with Crippen molar-refractivity contribution in [3.05, 3.63) is 0 Å². The molecule has 0 aliphatic carbocycles. The Morgan fingerprint density at radius 3 is 2.71 bits per heavy atom. The second-order valence-electron chi connectivity index (χ2n) is 7.64. The molecule has 0 spiro atoms. The van der Waals surface area contributed by atoms with E-state index in [1.165, 1.54) is 25.8 Å². The molecule has 2 fully saturated rings. The molecule has 2 saturated heterocycles. The van der Waals surface area contributed by atoms with Gasteiger partial charge in [-0.05, 0) is 50.9 Å². The van der Waals surface area contributed by atoms with Crippen molar-refractivity contribution in [2.75, 3.05) is 32.4 Å². The Kier molecular flexibility index (Phi) is 6.01. The summed E-state index contributed by atoms with van der Waals surface area (Å²) in [6.45, 7) is 9.92. The van der Waals surface area contributed by atoms with Gasteiger partial charge in [0.1, 0.15) is 0 Å². The van der Waals surface area contributed by atoms with E-state index in [0.717, 1.165) is 37.7 Å². The highest BCUT2D eigenvalue weighted by molar-refractivity contribution is 8.00. The normalized spacial score (nSPS) is 27.5. The predicted molar refractivity (Wildman–Crippen MR) is 91.8 cm³/mol. The number of likely N-dealkylation sites (tertiary alicyclic amines) is 2. The molecule has 2 aliphatic heterocycles. The Hall–Kier alpha value is -0.220. The lowest BCUT2D eigenvalue weighted by atomic mass is 9.84. The van der Waals surface area contributed by atoms with Crippen LogP contribution < -0.4 is 0 Å². The summed E-state index contributed by atoms with van der Waals surface area (Å²) >= 11 is 1.96. The second-order valence-corrected chi connectivity index (χ2v) is 9.56. The van der Waals surface area contributed by atoms with Gasteiger partial charge in [0.05, 0.1) is 0 Å². The third kappa shape index (κ3) is 5.17. The summed E-state index contributed by atoms with van der Waals surface area (Å²) in [5.41, 5.74) is 0. The first kappa shape index (κ1) is 17.1. The Morgan fingerprint density at radius 2 is 2.00 bits per heavy atom. The maximum absolute atomic E-state index is 12.4. The zero-order chi connectivity index (χ0) is 15.5. The van der Waals surface area contributed by atoms with Crippen molar-refractivity contribution in [2.45, 2.75) is 63.7 Å². The lowest BCUT2D eigenvalue weighted by Crippen LogP contribution is -2.53.